The monoisotopic (exact) mass is 687 g/mol. The summed E-state index contributed by atoms with van der Waals surface area (Å²) >= 11 is 0. The van der Waals surface area contributed by atoms with Crippen molar-refractivity contribution >= 4 is 17.9 Å². The number of carboxylic acid groups (broad SMARTS) is 1. The molecule has 7 unspecified atom stereocenters. The molecule has 1 saturated heterocycles. The Labute approximate surface area is 279 Å². The topological polar surface area (TPSA) is 228 Å². The number of guanidine groups is 1. The van der Waals surface area contributed by atoms with Gasteiger partial charge in [0.25, 0.3) is 0 Å². The molecule has 0 aromatic heterocycles. The van der Waals surface area contributed by atoms with Crippen LogP contribution in [0.4, 0.5) is 0 Å². The highest BCUT2D eigenvalue weighted by molar-refractivity contribution is 5.90. The maximum Gasteiger partial charge on any atom is 0.317 e. The van der Waals surface area contributed by atoms with Crippen molar-refractivity contribution < 1.29 is 67.9 Å². The number of fused-ring (bicyclic) bond motifs is 6. The van der Waals surface area contributed by atoms with Gasteiger partial charge in [0.15, 0.2) is 29.6 Å². The number of esters is 1. The van der Waals surface area contributed by atoms with Crippen molar-refractivity contribution in [3.8, 4) is 28.7 Å². The molecule has 17 nitrogen and oxygen atoms in total. The lowest BCUT2D eigenvalue weighted by molar-refractivity contribution is -0.372. The third kappa shape index (κ3) is 7.11. The van der Waals surface area contributed by atoms with Gasteiger partial charge >= 0.3 is 11.9 Å². The first-order valence-corrected chi connectivity index (χ1v) is 16.1. The van der Waals surface area contributed by atoms with E-state index in [1.807, 2.05) is 6.07 Å². The Morgan fingerprint density at radius 1 is 0.959 bits per heavy atom. The fourth-order valence-corrected chi connectivity index (χ4v) is 6.59. The van der Waals surface area contributed by atoms with E-state index < -0.39 is 61.8 Å². The fraction of sp³-hybridized carbons (Fsp3) is 0.531. The number of aliphatic hydroxyl groups excluding tert-OH is 2. The zero-order valence-electron chi connectivity index (χ0n) is 26.2. The molecule has 1 saturated carbocycles. The molecule has 0 bridgehead atoms. The number of aliphatic hydroxyl groups is 2. The van der Waals surface area contributed by atoms with Gasteiger partial charge in [0, 0.05) is 17.2 Å². The molecule has 7 rings (SSSR count). The lowest BCUT2D eigenvalue weighted by atomic mass is 9.89. The zero-order chi connectivity index (χ0) is 34.1. The third-order valence-electron chi connectivity index (χ3n) is 9.02. The number of hydrogen-bond donors (Lipinski definition) is 5. The molecule has 5 aliphatic rings. The molecular weight excluding hydrogens is 650 g/mol. The number of aliphatic imine (C=N–C) groups is 1. The SMILES string of the molecule is NC(=NC1CCCCC1)NOC1C(O)C(COC(=O)CC(=O)O)OC(O)C1OOc1ccc2c(c1)C1Oc3cc4c(cc3C1CO2)OCO4. The van der Waals surface area contributed by atoms with Crippen LogP contribution in [0.3, 0.4) is 0 Å². The highest BCUT2D eigenvalue weighted by atomic mass is 17.2. The summed E-state index contributed by atoms with van der Waals surface area (Å²) in [4.78, 5) is 44.0. The fourth-order valence-electron chi connectivity index (χ4n) is 6.59. The molecule has 2 aromatic rings. The van der Waals surface area contributed by atoms with Gasteiger partial charge in [0.1, 0.15) is 48.9 Å². The Hall–Kier alpha value is -4.55. The Balaban J connectivity index is 1.05. The summed E-state index contributed by atoms with van der Waals surface area (Å²) < 4.78 is 33.8. The van der Waals surface area contributed by atoms with Crippen molar-refractivity contribution in [2.45, 2.75) is 87.3 Å². The molecule has 0 spiro atoms. The van der Waals surface area contributed by atoms with E-state index in [2.05, 4.69) is 10.5 Å². The van der Waals surface area contributed by atoms with Crippen molar-refractivity contribution in [2.24, 2.45) is 10.7 Å². The molecule has 0 radical (unpaired) electrons. The second-order valence-corrected chi connectivity index (χ2v) is 12.3. The highest BCUT2D eigenvalue weighted by Gasteiger charge is 2.49. The minimum Gasteiger partial charge on any atom is -0.492 e. The first-order valence-electron chi connectivity index (χ1n) is 16.1. The van der Waals surface area contributed by atoms with Gasteiger partial charge in [-0.25, -0.2) is 10.5 Å². The quantitative estimate of drug-likeness (QED) is 0.0593. The molecule has 1 aliphatic carbocycles. The molecule has 264 valence electrons. The van der Waals surface area contributed by atoms with E-state index in [1.165, 1.54) is 0 Å². The Kier molecular flexibility index (Phi) is 9.50. The van der Waals surface area contributed by atoms with E-state index in [4.69, 9.17) is 53.9 Å². The number of nitrogens with zero attached hydrogens (tertiary/aromatic N) is 1. The number of nitrogens with one attached hydrogen (secondary N) is 1. The van der Waals surface area contributed by atoms with Crippen LogP contribution in [0, 0.1) is 0 Å². The van der Waals surface area contributed by atoms with Crippen LogP contribution < -0.4 is 35.0 Å². The number of nitrogens with two attached hydrogens (primary N) is 1. The molecule has 4 aliphatic heterocycles. The van der Waals surface area contributed by atoms with Gasteiger partial charge < -0.3 is 54.4 Å². The van der Waals surface area contributed by atoms with E-state index in [0.29, 0.717) is 35.2 Å². The highest BCUT2D eigenvalue weighted by Crippen LogP contribution is 2.54. The van der Waals surface area contributed by atoms with Crippen LogP contribution in [0.25, 0.3) is 0 Å². The average Bonchev–Trinajstić information content (AvgIpc) is 3.70. The minimum absolute atomic E-state index is 0.0126. The van der Waals surface area contributed by atoms with E-state index in [-0.39, 0.29) is 30.5 Å². The molecule has 0 amide bonds. The van der Waals surface area contributed by atoms with Gasteiger partial charge in [-0.15, -0.1) is 0 Å². The van der Waals surface area contributed by atoms with Crippen molar-refractivity contribution in [3.63, 3.8) is 0 Å². The third-order valence-corrected chi connectivity index (χ3v) is 9.02. The average molecular weight is 688 g/mol. The van der Waals surface area contributed by atoms with Crippen molar-refractivity contribution in [1.29, 1.82) is 0 Å². The van der Waals surface area contributed by atoms with Crippen LogP contribution in [0.15, 0.2) is 35.3 Å². The molecule has 2 fully saturated rings. The molecule has 7 atom stereocenters. The van der Waals surface area contributed by atoms with Crippen LogP contribution in [-0.4, -0.2) is 90.0 Å². The molecule has 17 heteroatoms. The second kappa shape index (κ2) is 14.1. The van der Waals surface area contributed by atoms with Crippen LogP contribution >= 0.6 is 0 Å². The van der Waals surface area contributed by atoms with Gasteiger partial charge in [-0.1, -0.05) is 19.3 Å². The van der Waals surface area contributed by atoms with Gasteiger partial charge in [-0.2, -0.15) is 4.89 Å². The van der Waals surface area contributed by atoms with Crippen LogP contribution in [-0.2, 0) is 28.8 Å². The Morgan fingerprint density at radius 2 is 1.76 bits per heavy atom. The summed E-state index contributed by atoms with van der Waals surface area (Å²) in [7, 11) is 0. The number of hydrogen-bond acceptors (Lipinski definition) is 14. The maximum atomic E-state index is 11.8. The largest absolute Gasteiger partial charge is 0.492 e. The lowest BCUT2D eigenvalue weighted by Gasteiger charge is -2.40. The van der Waals surface area contributed by atoms with Crippen LogP contribution in [0.5, 0.6) is 28.7 Å². The molecule has 49 heavy (non-hydrogen) atoms. The van der Waals surface area contributed by atoms with Gasteiger partial charge in [0.05, 0.1) is 18.6 Å². The van der Waals surface area contributed by atoms with Crippen LogP contribution in [0.2, 0.25) is 0 Å². The predicted octanol–water partition coefficient (Wildman–Crippen LogP) is 1.34. The number of benzene rings is 2. The standard InChI is InChI=1S/C32H37N3O14/c33-32(34-15-4-2-1-3-5-15)35-47-29-27(39)24(13-42-26(38)11-25(36)37)46-31(40)30(29)49-48-16-6-7-20-18(8-16)28-19(12-41-20)17-9-22-23(44-14-43-22)10-21(17)45-28/h6-10,15,19,24,27-31,39-40H,1-5,11-14H2,(H,36,37)(H3,33,34,35). The van der Waals surface area contributed by atoms with Gasteiger partial charge in [-0.3, -0.25) is 14.4 Å². The van der Waals surface area contributed by atoms with E-state index in [9.17, 15) is 19.8 Å². The summed E-state index contributed by atoms with van der Waals surface area (Å²) in [6, 6.07) is 8.69. The second-order valence-electron chi connectivity index (χ2n) is 12.3. The Morgan fingerprint density at radius 3 is 2.55 bits per heavy atom. The smallest absolute Gasteiger partial charge is 0.317 e. The summed E-state index contributed by atoms with van der Waals surface area (Å²) in [5, 5.41) is 30.9. The van der Waals surface area contributed by atoms with Crippen LogP contribution in [0.1, 0.15) is 61.7 Å². The summed E-state index contributed by atoms with van der Waals surface area (Å²) in [5.74, 6) is 0.105. The number of rotatable bonds is 10. The zero-order valence-corrected chi connectivity index (χ0v) is 26.2. The Bertz CT molecular complexity index is 1580. The van der Waals surface area contributed by atoms with Gasteiger partial charge in [-0.05, 0) is 37.1 Å². The predicted molar refractivity (Wildman–Crippen MR) is 163 cm³/mol. The summed E-state index contributed by atoms with van der Waals surface area (Å²) in [6.45, 7) is -0.0503. The number of carbonyl (C=O) groups excluding carboxylic acids is 1. The van der Waals surface area contributed by atoms with Crippen molar-refractivity contribution in [2.75, 3.05) is 20.0 Å². The minimum atomic E-state index is -1.76. The van der Waals surface area contributed by atoms with Gasteiger partial charge in [0.2, 0.25) is 12.8 Å². The summed E-state index contributed by atoms with van der Waals surface area (Å²) in [6.07, 6.45) is -3.89. The van der Waals surface area contributed by atoms with E-state index in [0.717, 1.165) is 37.7 Å². The molecule has 4 heterocycles. The first-order chi connectivity index (χ1) is 23.7. The normalized spacial score (nSPS) is 28.7. The number of carbonyl (C=O) groups is 2. The first kappa shape index (κ1) is 33.0. The number of ether oxygens (including phenoxy) is 6. The molecule has 6 N–H and O–H groups in total. The van der Waals surface area contributed by atoms with Crippen molar-refractivity contribution in [3.05, 3.63) is 41.5 Å². The number of aliphatic carboxylic acids is 1. The van der Waals surface area contributed by atoms with E-state index in [1.54, 1.807) is 24.3 Å². The van der Waals surface area contributed by atoms with E-state index >= 15 is 0 Å². The maximum absolute atomic E-state index is 11.8. The number of hydroxylamine groups is 1. The van der Waals surface area contributed by atoms with Crippen molar-refractivity contribution in [1.82, 2.24) is 5.48 Å². The molecule has 2 aromatic carbocycles. The molecular formula is C32H37N3O14. The number of carboxylic acids is 1. The summed E-state index contributed by atoms with van der Waals surface area (Å²) in [5.41, 5.74) is 10.2. The lowest BCUT2D eigenvalue weighted by Crippen LogP contribution is -2.62.